The van der Waals surface area contributed by atoms with E-state index in [1.165, 1.54) is 6.92 Å². The van der Waals surface area contributed by atoms with E-state index < -0.39 is 18.1 Å². The van der Waals surface area contributed by atoms with Gasteiger partial charge in [-0.3, -0.25) is 9.59 Å². The molecule has 0 radical (unpaired) electrons. The third-order valence-electron chi connectivity index (χ3n) is 2.18. The molecule has 5 heteroatoms. The number of hydrogen-bond acceptors (Lipinski definition) is 4. The van der Waals surface area contributed by atoms with Gasteiger partial charge in [0.15, 0.2) is 0 Å². The molecule has 0 amide bonds. The van der Waals surface area contributed by atoms with Gasteiger partial charge in [0.1, 0.15) is 11.8 Å². The number of nitrogens with one attached hydrogen (secondary N) is 1. The minimum absolute atomic E-state index is 0.0543. The van der Waals surface area contributed by atoms with Crippen LogP contribution in [0.25, 0.3) is 0 Å². The van der Waals surface area contributed by atoms with Crippen molar-refractivity contribution in [2.45, 2.75) is 38.3 Å². The highest BCUT2D eigenvalue weighted by Crippen LogP contribution is 2.03. The van der Waals surface area contributed by atoms with Crippen molar-refractivity contribution >= 4 is 11.8 Å². The van der Waals surface area contributed by atoms with Gasteiger partial charge in [-0.15, -0.1) is 0 Å². The monoisotopic (exact) mass is 202 g/mol. The van der Waals surface area contributed by atoms with Gasteiger partial charge in [-0.1, -0.05) is 0 Å². The Balaban J connectivity index is 3.71. The molecule has 0 bridgehead atoms. The maximum atomic E-state index is 10.8. The van der Waals surface area contributed by atoms with Crippen molar-refractivity contribution in [2.24, 2.45) is 5.73 Å². The first-order valence-electron chi connectivity index (χ1n) is 4.65. The minimum atomic E-state index is -0.871. The third kappa shape index (κ3) is 4.94. The molecule has 0 fully saturated rings. The topological polar surface area (TPSA) is 92.4 Å². The van der Waals surface area contributed by atoms with Gasteiger partial charge in [0, 0.05) is 0 Å². The Morgan fingerprint density at radius 3 is 2.36 bits per heavy atom. The van der Waals surface area contributed by atoms with Crippen LogP contribution in [0, 0.1) is 0 Å². The van der Waals surface area contributed by atoms with Gasteiger partial charge < -0.3 is 16.2 Å². The van der Waals surface area contributed by atoms with Gasteiger partial charge in [-0.25, -0.2) is 0 Å². The lowest BCUT2D eigenvalue weighted by Crippen LogP contribution is -2.34. The van der Waals surface area contributed by atoms with Crippen molar-refractivity contribution in [2.75, 3.05) is 7.05 Å². The molecule has 0 heterocycles. The summed E-state index contributed by atoms with van der Waals surface area (Å²) in [6.45, 7) is 1.44. The summed E-state index contributed by atoms with van der Waals surface area (Å²) in [5, 5.41) is 11.4. The van der Waals surface area contributed by atoms with E-state index in [0.717, 1.165) is 0 Å². The second-order valence-electron chi connectivity index (χ2n) is 3.33. The van der Waals surface area contributed by atoms with Crippen LogP contribution < -0.4 is 11.1 Å². The average molecular weight is 202 g/mol. The average Bonchev–Trinajstić information content (AvgIpc) is 2.11. The maximum Gasteiger partial charge on any atom is 0.320 e. The van der Waals surface area contributed by atoms with Crippen molar-refractivity contribution in [3.05, 3.63) is 0 Å². The van der Waals surface area contributed by atoms with Gasteiger partial charge in [-0.05, 0) is 33.2 Å². The van der Waals surface area contributed by atoms with E-state index >= 15 is 0 Å². The highest BCUT2D eigenvalue weighted by molar-refractivity contribution is 5.81. The molecule has 0 spiro atoms. The number of hydrogen-bond donors (Lipinski definition) is 3. The lowest BCUT2D eigenvalue weighted by Gasteiger charge is -2.12. The van der Waals surface area contributed by atoms with E-state index in [1.807, 2.05) is 0 Å². The van der Waals surface area contributed by atoms with E-state index in [4.69, 9.17) is 10.8 Å². The van der Waals surface area contributed by atoms with Gasteiger partial charge in [-0.2, -0.15) is 0 Å². The molecule has 0 rings (SSSR count). The zero-order chi connectivity index (χ0) is 11.1. The lowest BCUT2D eigenvalue weighted by atomic mass is 10.0. The Morgan fingerprint density at radius 1 is 1.43 bits per heavy atom. The molecule has 14 heavy (non-hydrogen) atoms. The number of likely N-dealkylation sites (N-methyl/N-ethyl adjacent to an activating group) is 1. The summed E-state index contributed by atoms with van der Waals surface area (Å²) in [7, 11) is 1.60. The molecule has 82 valence electrons. The molecule has 0 aliphatic heterocycles. The molecule has 0 aromatic rings. The Hall–Kier alpha value is -0.940. The summed E-state index contributed by atoms with van der Waals surface area (Å²) in [5.41, 5.74) is 5.50. The van der Waals surface area contributed by atoms with Crippen LogP contribution in [-0.4, -0.2) is 36.0 Å². The molecular weight excluding hydrogens is 184 g/mol. The second-order valence-corrected chi connectivity index (χ2v) is 3.33. The third-order valence-corrected chi connectivity index (χ3v) is 2.18. The Kier molecular flexibility index (Phi) is 6.07. The minimum Gasteiger partial charge on any atom is -0.480 e. The number of carboxylic acids is 1. The number of carboxylic acid groups (broad SMARTS) is 1. The van der Waals surface area contributed by atoms with Crippen LogP contribution in [0.15, 0.2) is 0 Å². The van der Waals surface area contributed by atoms with Crippen molar-refractivity contribution in [3.8, 4) is 0 Å². The fourth-order valence-electron chi connectivity index (χ4n) is 1.14. The zero-order valence-electron chi connectivity index (χ0n) is 8.62. The van der Waals surface area contributed by atoms with Crippen LogP contribution in [0.3, 0.4) is 0 Å². The van der Waals surface area contributed by atoms with Crippen LogP contribution in [0.5, 0.6) is 0 Å². The Bertz CT molecular complexity index is 206. The van der Waals surface area contributed by atoms with Gasteiger partial charge in [0.05, 0.1) is 6.04 Å². The predicted octanol–water partition coefficient (Wildman–Crippen LogP) is -0.254. The Labute approximate surface area is 83.7 Å². The van der Waals surface area contributed by atoms with E-state index in [0.29, 0.717) is 19.3 Å². The smallest absolute Gasteiger partial charge is 0.320 e. The first-order chi connectivity index (χ1) is 6.49. The molecular formula is C9H18N2O3. The van der Waals surface area contributed by atoms with Crippen LogP contribution in [-0.2, 0) is 9.59 Å². The van der Waals surface area contributed by atoms with Crippen LogP contribution in [0.2, 0.25) is 0 Å². The summed E-state index contributed by atoms with van der Waals surface area (Å²) in [6, 6.07) is -1.00. The highest BCUT2D eigenvalue weighted by atomic mass is 16.4. The van der Waals surface area contributed by atoms with E-state index in [9.17, 15) is 9.59 Å². The van der Waals surface area contributed by atoms with Crippen molar-refractivity contribution in [3.63, 3.8) is 0 Å². The van der Waals surface area contributed by atoms with Gasteiger partial charge in [0.25, 0.3) is 0 Å². The van der Waals surface area contributed by atoms with Crippen LogP contribution in [0.1, 0.15) is 26.2 Å². The summed E-state index contributed by atoms with van der Waals surface area (Å²) < 4.78 is 0. The van der Waals surface area contributed by atoms with E-state index in [2.05, 4.69) is 5.32 Å². The standard InChI is InChI=1S/C9H18N2O3/c1-6(12)7(10)4-3-5-8(11-2)9(13)14/h7-8,11H,3-5,10H2,1-2H3,(H,13,14)/t7?,8-/m0/s1. The predicted molar refractivity (Wildman–Crippen MR) is 53.0 cm³/mol. The number of ketones is 1. The summed E-state index contributed by atoms with van der Waals surface area (Å²) in [6.07, 6.45) is 1.67. The number of aliphatic carboxylic acids is 1. The Morgan fingerprint density at radius 2 is 2.00 bits per heavy atom. The molecule has 0 aromatic carbocycles. The zero-order valence-corrected chi connectivity index (χ0v) is 8.62. The van der Waals surface area contributed by atoms with E-state index in [1.54, 1.807) is 7.05 Å². The molecule has 1 unspecified atom stereocenters. The number of rotatable bonds is 7. The van der Waals surface area contributed by atoms with Crippen molar-refractivity contribution in [1.82, 2.24) is 5.32 Å². The highest BCUT2D eigenvalue weighted by Gasteiger charge is 2.15. The summed E-state index contributed by atoms with van der Waals surface area (Å²) in [5.74, 6) is -0.926. The molecule has 0 saturated heterocycles. The molecule has 0 aliphatic rings. The molecule has 2 atom stereocenters. The van der Waals surface area contributed by atoms with E-state index in [-0.39, 0.29) is 5.78 Å². The summed E-state index contributed by atoms with van der Waals surface area (Å²) in [4.78, 5) is 21.3. The quantitative estimate of drug-likeness (QED) is 0.529. The SMILES string of the molecule is CN[C@@H](CCCC(N)C(C)=O)C(=O)O. The number of nitrogens with two attached hydrogens (primary N) is 1. The van der Waals surface area contributed by atoms with Gasteiger partial charge in [0.2, 0.25) is 0 Å². The molecule has 0 aromatic heterocycles. The number of carbonyl (C=O) groups excluding carboxylic acids is 1. The second kappa shape index (κ2) is 6.50. The summed E-state index contributed by atoms with van der Waals surface area (Å²) >= 11 is 0. The van der Waals surface area contributed by atoms with Crippen LogP contribution >= 0.6 is 0 Å². The molecule has 4 N–H and O–H groups in total. The van der Waals surface area contributed by atoms with Crippen LogP contribution in [0.4, 0.5) is 0 Å². The van der Waals surface area contributed by atoms with Crippen molar-refractivity contribution in [1.29, 1.82) is 0 Å². The number of Topliss-reactive ketones (excluding diaryl/α,β-unsaturated/α-hetero) is 1. The normalized spacial score (nSPS) is 14.8. The fourth-order valence-corrected chi connectivity index (χ4v) is 1.14. The first-order valence-corrected chi connectivity index (χ1v) is 4.65. The van der Waals surface area contributed by atoms with Crippen molar-refractivity contribution < 1.29 is 14.7 Å². The fraction of sp³-hybridized carbons (Fsp3) is 0.778. The molecule has 0 saturated carbocycles. The molecule has 5 nitrogen and oxygen atoms in total. The largest absolute Gasteiger partial charge is 0.480 e. The number of carbonyl (C=O) groups is 2. The molecule has 0 aliphatic carbocycles. The lowest BCUT2D eigenvalue weighted by molar-refractivity contribution is -0.139. The maximum absolute atomic E-state index is 10.8. The first kappa shape index (κ1) is 13.1. The van der Waals surface area contributed by atoms with Gasteiger partial charge >= 0.3 is 5.97 Å².